The summed E-state index contributed by atoms with van der Waals surface area (Å²) in [7, 11) is -4.24. The number of rotatable bonds is 21. The molecule has 0 aliphatic heterocycles. The molecule has 18 heteroatoms. The Morgan fingerprint density at radius 2 is 1.29 bits per heavy atom. The maximum atomic E-state index is 14.1. The number of para-hydroxylation sites is 2. The monoisotopic (exact) mass is 833 g/mol. The zero-order valence-corrected chi connectivity index (χ0v) is 33.4. The van der Waals surface area contributed by atoms with E-state index in [1.165, 1.54) is 19.1 Å². The van der Waals surface area contributed by atoms with E-state index in [0.717, 1.165) is 5.39 Å². The average Bonchev–Trinajstić information content (AvgIpc) is 3.18. The van der Waals surface area contributed by atoms with Crippen LogP contribution in [0.1, 0.15) is 44.9 Å². The summed E-state index contributed by atoms with van der Waals surface area (Å²) in [5.41, 5.74) is 1.56. The van der Waals surface area contributed by atoms with E-state index < -0.39 is 100 Å². The van der Waals surface area contributed by atoms with Crippen LogP contribution in [0.25, 0.3) is 10.9 Å². The van der Waals surface area contributed by atoms with Gasteiger partial charge < -0.3 is 40.4 Å². The van der Waals surface area contributed by atoms with Crippen molar-refractivity contribution < 1.29 is 56.3 Å². The lowest BCUT2D eigenvalue weighted by atomic mass is 9.97. The highest BCUT2D eigenvalue weighted by Gasteiger charge is 2.35. The normalized spacial score (nSPS) is 13.8. The Hall–Kier alpha value is -6.56. The molecule has 4 amide bonds. The lowest BCUT2D eigenvalue weighted by molar-refractivity contribution is -0.140. The third-order valence-corrected chi connectivity index (χ3v) is 10.4. The molecule has 0 fully saturated rings. The number of benzene rings is 3. The van der Waals surface area contributed by atoms with Crippen LogP contribution in [-0.4, -0.2) is 89.3 Å². The van der Waals surface area contributed by atoms with E-state index in [2.05, 4.69) is 26.3 Å². The minimum Gasteiger partial charge on any atom is -0.481 e. The third-order valence-electron chi connectivity index (χ3n) is 8.99. The molecule has 0 aliphatic carbocycles. The molecule has 5 atom stereocenters. The predicted molar refractivity (Wildman–Crippen MR) is 214 cm³/mol. The topological polar surface area (TPSA) is 256 Å². The highest BCUT2D eigenvalue weighted by Crippen LogP contribution is 2.18. The molecule has 0 saturated heterocycles. The van der Waals surface area contributed by atoms with E-state index in [-0.39, 0.29) is 18.8 Å². The number of ether oxygens (including phenoxy) is 1. The third kappa shape index (κ3) is 14.7. The van der Waals surface area contributed by atoms with Gasteiger partial charge >= 0.3 is 28.1 Å². The number of fused-ring (bicyclic) bond motifs is 1. The van der Waals surface area contributed by atoms with Crippen molar-refractivity contribution in [2.45, 2.75) is 70.8 Å². The molecule has 0 radical (unpaired) electrons. The Bertz CT molecular complexity index is 2210. The van der Waals surface area contributed by atoms with Crippen LogP contribution in [0.5, 0.6) is 5.75 Å². The molecule has 5 unspecified atom stereocenters. The molecule has 1 aromatic heterocycles. The lowest BCUT2D eigenvalue weighted by Crippen LogP contribution is -2.59. The van der Waals surface area contributed by atoms with Gasteiger partial charge in [-0.2, -0.15) is 8.42 Å². The fourth-order valence-corrected chi connectivity index (χ4v) is 7.29. The summed E-state index contributed by atoms with van der Waals surface area (Å²) in [6.45, 7) is 4.47. The Morgan fingerprint density at radius 3 is 1.93 bits per heavy atom. The molecule has 0 bridgehead atoms. The van der Waals surface area contributed by atoms with Crippen molar-refractivity contribution in [1.82, 2.24) is 26.3 Å². The highest BCUT2D eigenvalue weighted by molar-refractivity contribution is 7.87. The van der Waals surface area contributed by atoms with Crippen LogP contribution in [0.4, 0.5) is 4.79 Å². The van der Waals surface area contributed by atoms with Gasteiger partial charge in [0.1, 0.15) is 30.5 Å². The number of carboxylic acid groups (broad SMARTS) is 2. The number of alkyl carbamates (subject to hydrolysis) is 1. The number of aliphatic carboxylic acids is 2. The number of carbonyl (C=O) groups is 6. The summed E-state index contributed by atoms with van der Waals surface area (Å²) in [4.78, 5) is 82.5. The van der Waals surface area contributed by atoms with Gasteiger partial charge in [0.2, 0.25) is 17.7 Å². The quantitative estimate of drug-likeness (QED) is 0.0661. The van der Waals surface area contributed by atoms with Crippen LogP contribution in [-0.2, 0) is 51.9 Å². The zero-order chi connectivity index (χ0) is 43.1. The maximum Gasteiger partial charge on any atom is 0.408 e. The second kappa shape index (κ2) is 21.3. The van der Waals surface area contributed by atoms with Crippen molar-refractivity contribution >= 4 is 56.8 Å². The molecule has 4 aromatic rings. The Labute approximate surface area is 341 Å². The fraction of sp³-hybridized carbons (Fsp3) is 0.341. The average molecular weight is 834 g/mol. The van der Waals surface area contributed by atoms with Crippen molar-refractivity contribution in [3.05, 3.63) is 108 Å². The van der Waals surface area contributed by atoms with Gasteiger partial charge in [0.15, 0.2) is 0 Å². The van der Waals surface area contributed by atoms with Gasteiger partial charge in [0.25, 0.3) is 0 Å². The minimum atomic E-state index is -4.24. The minimum absolute atomic E-state index is 0.0506. The number of amides is 4. The first-order valence-electron chi connectivity index (χ1n) is 18.6. The van der Waals surface area contributed by atoms with Gasteiger partial charge in [0.05, 0.1) is 24.1 Å². The molecule has 4 rings (SSSR count). The summed E-state index contributed by atoms with van der Waals surface area (Å²) in [5, 5.41) is 29.9. The molecule has 314 valence electrons. The number of carboxylic acids is 2. The van der Waals surface area contributed by atoms with Crippen molar-refractivity contribution in [2.75, 3.05) is 5.75 Å². The molecule has 6 N–H and O–H groups in total. The second-order valence-electron chi connectivity index (χ2n) is 14.2. The van der Waals surface area contributed by atoms with Crippen LogP contribution in [0.3, 0.4) is 0 Å². The molecular weight excluding hydrogens is 787 g/mol. The molecule has 0 saturated carbocycles. The first-order chi connectivity index (χ1) is 28.0. The standard InChI is InChI=1S/C41H47N5O12S/c1-25(2)37(40(53)43-32(21-35(47)48)26(3)24-59(55,56)58-30-15-8-5-9-16-30)46-39(52)33(20-29-19-18-28-14-10-11-17-31(28)42-29)44-38(51)34(22-36(49)50)45-41(54)57-23-27-12-6-4-7-13-27/h4-19,25-26,32-34,37H,20-24H2,1-3H3,(H,43,53)(H,44,51)(H,45,54)(H,46,52)(H,47,48)(H,49,50). The van der Waals surface area contributed by atoms with Gasteiger partial charge in [-0.15, -0.1) is 0 Å². The Morgan fingerprint density at radius 1 is 0.678 bits per heavy atom. The Balaban J connectivity index is 1.55. The van der Waals surface area contributed by atoms with E-state index in [9.17, 15) is 47.4 Å². The number of carbonyl (C=O) groups excluding carboxylic acids is 4. The Kier molecular flexibility index (Phi) is 16.3. The van der Waals surface area contributed by atoms with E-state index in [4.69, 9.17) is 8.92 Å². The summed E-state index contributed by atoms with van der Waals surface area (Å²) >= 11 is 0. The van der Waals surface area contributed by atoms with E-state index in [1.807, 2.05) is 12.1 Å². The molecule has 0 spiro atoms. The summed E-state index contributed by atoms with van der Waals surface area (Å²) < 4.78 is 36.1. The SMILES string of the molecule is CC(C)C(NC(=O)C(Cc1ccc2ccccc2n1)NC(=O)C(CC(=O)O)NC(=O)OCc1ccccc1)C(=O)NC(CC(=O)O)C(C)CS(=O)(=O)Oc1ccccc1. The first kappa shape index (κ1) is 45.1. The number of nitrogens with zero attached hydrogens (tertiary/aromatic N) is 1. The number of hydrogen-bond acceptors (Lipinski definition) is 11. The first-order valence-corrected chi connectivity index (χ1v) is 20.2. The second-order valence-corrected chi connectivity index (χ2v) is 15.8. The van der Waals surface area contributed by atoms with Crippen LogP contribution >= 0.6 is 0 Å². The predicted octanol–water partition coefficient (Wildman–Crippen LogP) is 3.18. The van der Waals surface area contributed by atoms with Crippen molar-refractivity contribution in [3.63, 3.8) is 0 Å². The van der Waals surface area contributed by atoms with E-state index in [1.54, 1.807) is 86.6 Å². The summed E-state index contributed by atoms with van der Waals surface area (Å²) in [6, 6.07) is 21.1. The van der Waals surface area contributed by atoms with Gasteiger partial charge in [0, 0.05) is 23.5 Å². The molecule has 3 aromatic carbocycles. The van der Waals surface area contributed by atoms with Crippen molar-refractivity contribution in [1.29, 1.82) is 0 Å². The zero-order valence-electron chi connectivity index (χ0n) is 32.6. The highest BCUT2D eigenvalue weighted by atomic mass is 32.2. The van der Waals surface area contributed by atoms with Crippen LogP contribution in [0.15, 0.2) is 97.1 Å². The lowest BCUT2D eigenvalue weighted by Gasteiger charge is -2.29. The van der Waals surface area contributed by atoms with Crippen LogP contribution in [0, 0.1) is 11.8 Å². The van der Waals surface area contributed by atoms with E-state index in [0.29, 0.717) is 16.8 Å². The van der Waals surface area contributed by atoms with E-state index >= 15 is 0 Å². The number of nitrogens with one attached hydrogen (secondary N) is 4. The molecular formula is C41H47N5O12S. The van der Waals surface area contributed by atoms with Crippen molar-refractivity contribution in [2.24, 2.45) is 11.8 Å². The molecule has 1 heterocycles. The van der Waals surface area contributed by atoms with Gasteiger partial charge in [-0.1, -0.05) is 93.6 Å². The van der Waals surface area contributed by atoms with Gasteiger partial charge in [-0.3, -0.25) is 29.0 Å². The maximum absolute atomic E-state index is 14.1. The molecule has 17 nitrogen and oxygen atoms in total. The van der Waals surface area contributed by atoms with Crippen LogP contribution < -0.4 is 25.5 Å². The molecule has 59 heavy (non-hydrogen) atoms. The number of aromatic nitrogens is 1. The fourth-order valence-electron chi connectivity index (χ4n) is 5.94. The summed E-state index contributed by atoms with van der Waals surface area (Å²) in [5.74, 6) is -7.76. The summed E-state index contributed by atoms with van der Waals surface area (Å²) in [6.07, 6.45) is -2.87. The van der Waals surface area contributed by atoms with Crippen molar-refractivity contribution in [3.8, 4) is 5.75 Å². The number of pyridine rings is 1. The largest absolute Gasteiger partial charge is 0.481 e. The van der Waals surface area contributed by atoms with Gasteiger partial charge in [-0.05, 0) is 41.7 Å². The van der Waals surface area contributed by atoms with Gasteiger partial charge in [-0.25, -0.2) is 4.79 Å². The van der Waals surface area contributed by atoms with Crippen LogP contribution in [0.2, 0.25) is 0 Å². The number of hydrogen-bond donors (Lipinski definition) is 6. The molecule has 0 aliphatic rings. The smallest absolute Gasteiger partial charge is 0.408 e.